The largest absolute Gasteiger partial charge is 0.460 e. The van der Waals surface area contributed by atoms with Gasteiger partial charge in [-0.2, -0.15) is 0 Å². The predicted octanol–water partition coefficient (Wildman–Crippen LogP) is 2.55. The van der Waals surface area contributed by atoms with Crippen LogP contribution in [-0.4, -0.2) is 26.2 Å². The van der Waals surface area contributed by atoms with Crippen LogP contribution in [0.5, 0.6) is 0 Å². The van der Waals surface area contributed by atoms with E-state index in [0.29, 0.717) is 4.91 Å². The Kier molecular flexibility index (Phi) is 3.94. The van der Waals surface area contributed by atoms with Crippen molar-refractivity contribution in [3.63, 3.8) is 0 Å². The number of carbonyl (C=O) groups is 1. The SMILES string of the molecule is C/C(=C\C1C(C(=O)OC(C)(C)C)C1(C)C)S(C)(=O)=O. The molecule has 5 heteroatoms. The standard InChI is InChI=1S/C14H24O4S/c1-9(19(7,16)17)8-10-11(14(10,5)6)12(15)18-13(2,3)4/h8,10-11H,1-7H3/b9-8+. The van der Waals surface area contributed by atoms with Gasteiger partial charge in [-0.3, -0.25) is 4.79 Å². The molecule has 0 N–H and O–H groups in total. The molecule has 110 valence electrons. The number of esters is 1. The molecule has 0 aliphatic heterocycles. The number of ether oxygens (including phenoxy) is 1. The number of rotatable bonds is 3. The average molecular weight is 288 g/mol. The summed E-state index contributed by atoms with van der Waals surface area (Å²) in [7, 11) is -3.18. The summed E-state index contributed by atoms with van der Waals surface area (Å²) in [6, 6.07) is 0. The van der Waals surface area contributed by atoms with Crippen molar-refractivity contribution in [2.45, 2.75) is 47.1 Å². The Morgan fingerprint density at radius 1 is 1.26 bits per heavy atom. The minimum absolute atomic E-state index is 0.0722. The highest BCUT2D eigenvalue weighted by Crippen LogP contribution is 2.60. The fraction of sp³-hybridized carbons (Fsp3) is 0.786. The summed E-state index contributed by atoms with van der Waals surface area (Å²) in [6.45, 7) is 11.0. The Morgan fingerprint density at radius 3 is 2.11 bits per heavy atom. The molecule has 0 bridgehead atoms. The van der Waals surface area contributed by atoms with Crippen LogP contribution in [0.2, 0.25) is 0 Å². The van der Waals surface area contributed by atoms with Crippen LogP contribution in [0.1, 0.15) is 41.5 Å². The van der Waals surface area contributed by atoms with Crippen molar-refractivity contribution in [1.29, 1.82) is 0 Å². The maximum absolute atomic E-state index is 12.1. The van der Waals surface area contributed by atoms with E-state index in [1.165, 1.54) is 6.26 Å². The molecule has 4 nitrogen and oxygen atoms in total. The zero-order chi connectivity index (χ0) is 15.2. The molecule has 1 rings (SSSR count). The zero-order valence-corrected chi connectivity index (χ0v) is 13.6. The normalized spacial score (nSPS) is 27.0. The monoisotopic (exact) mass is 288 g/mol. The first-order valence-electron chi connectivity index (χ1n) is 6.38. The summed E-state index contributed by atoms with van der Waals surface area (Å²) in [4.78, 5) is 12.4. The van der Waals surface area contributed by atoms with Gasteiger partial charge in [-0.05, 0) is 39.0 Å². The van der Waals surface area contributed by atoms with Gasteiger partial charge in [0.2, 0.25) is 0 Å². The molecule has 2 atom stereocenters. The van der Waals surface area contributed by atoms with Crippen LogP contribution in [0.15, 0.2) is 11.0 Å². The van der Waals surface area contributed by atoms with Crippen molar-refractivity contribution < 1.29 is 17.9 Å². The first-order chi connectivity index (χ1) is 8.27. The maximum atomic E-state index is 12.1. The summed E-state index contributed by atoms with van der Waals surface area (Å²) in [5, 5.41) is 0. The van der Waals surface area contributed by atoms with Crippen molar-refractivity contribution in [3.8, 4) is 0 Å². The van der Waals surface area contributed by atoms with Gasteiger partial charge in [0.25, 0.3) is 0 Å². The lowest BCUT2D eigenvalue weighted by Crippen LogP contribution is -2.26. The number of hydrogen-bond acceptors (Lipinski definition) is 4. The minimum Gasteiger partial charge on any atom is -0.460 e. The Morgan fingerprint density at radius 2 is 1.74 bits per heavy atom. The molecule has 1 aliphatic rings. The van der Waals surface area contributed by atoms with Gasteiger partial charge >= 0.3 is 5.97 Å². The van der Waals surface area contributed by atoms with Crippen LogP contribution in [0.3, 0.4) is 0 Å². The Balaban J connectivity index is 2.88. The topological polar surface area (TPSA) is 60.4 Å². The van der Waals surface area contributed by atoms with E-state index in [1.54, 1.807) is 13.0 Å². The summed E-state index contributed by atoms with van der Waals surface area (Å²) >= 11 is 0. The molecule has 0 aromatic carbocycles. The van der Waals surface area contributed by atoms with Crippen molar-refractivity contribution in [2.75, 3.05) is 6.26 Å². The number of carbonyl (C=O) groups excluding carboxylic acids is 1. The third-order valence-electron chi connectivity index (χ3n) is 3.57. The van der Waals surface area contributed by atoms with Gasteiger partial charge < -0.3 is 4.74 Å². The molecule has 0 aromatic heterocycles. The highest BCUT2D eigenvalue weighted by molar-refractivity contribution is 7.94. The second-order valence-electron chi connectivity index (χ2n) is 6.91. The van der Waals surface area contributed by atoms with E-state index in [1.807, 2.05) is 34.6 Å². The van der Waals surface area contributed by atoms with Crippen LogP contribution in [0, 0.1) is 17.3 Å². The number of hydrogen-bond donors (Lipinski definition) is 0. The van der Waals surface area contributed by atoms with Crippen molar-refractivity contribution in [1.82, 2.24) is 0 Å². The molecular weight excluding hydrogens is 264 g/mol. The number of sulfone groups is 1. The maximum Gasteiger partial charge on any atom is 0.310 e. The van der Waals surface area contributed by atoms with E-state index in [0.717, 1.165) is 0 Å². The number of allylic oxidation sites excluding steroid dienone is 2. The van der Waals surface area contributed by atoms with Crippen LogP contribution in [-0.2, 0) is 19.4 Å². The van der Waals surface area contributed by atoms with E-state index in [-0.39, 0.29) is 23.2 Å². The van der Waals surface area contributed by atoms with Gasteiger partial charge in [-0.25, -0.2) is 8.42 Å². The predicted molar refractivity (Wildman–Crippen MR) is 75.2 cm³/mol. The molecule has 19 heavy (non-hydrogen) atoms. The molecule has 1 fully saturated rings. The summed E-state index contributed by atoms with van der Waals surface area (Å²) in [6.07, 6.45) is 2.86. The van der Waals surface area contributed by atoms with Gasteiger partial charge in [-0.15, -0.1) is 0 Å². The molecule has 0 saturated heterocycles. The average Bonchev–Trinajstić information content (AvgIpc) is 2.63. The molecular formula is C14H24O4S. The summed E-state index contributed by atoms with van der Waals surface area (Å²) in [5.41, 5.74) is -0.760. The van der Waals surface area contributed by atoms with Crippen molar-refractivity contribution in [2.24, 2.45) is 17.3 Å². The highest BCUT2D eigenvalue weighted by Gasteiger charge is 2.62. The van der Waals surface area contributed by atoms with Crippen LogP contribution < -0.4 is 0 Å². The molecule has 0 amide bonds. The van der Waals surface area contributed by atoms with Crippen LogP contribution >= 0.6 is 0 Å². The fourth-order valence-corrected chi connectivity index (χ4v) is 2.57. The molecule has 1 saturated carbocycles. The van der Waals surface area contributed by atoms with E-state index in [9.17, 15) is 13.2 Å². The molecule has 0 heterocycles. The fourth-order valence-electron chi connectivity index (χ4n) is 2.18. The third-order valence-corrected chi connectivity index (χ3v) is 4.88. The molecule has 0 spiro atoms. The lowest BCUT2D eigenvalue weighted by atomic mass is 10.1. The zero-order valence-electron chi connectivity index (χ0n) is 12.8. The van der Waals surface area contributed by atoms with Crippen molar-refractivity contribution >= 4 is 15.8 Å². The van der Waals surface area contributed by atoms with Gasteiger partial charge in [0.15, 0.2) is 9.84 Å². The minimum atomic E-state index is -3.18. The lowest BCUT2D eigenvalue weighted by molar-refractivity contribution is -0.157. The molecule has 2 unspecified atom stereocenters. The molecule has 0 aromatic rings. The van der Waals surface area contributed by atoms with Crippen molar-refractivity contribution in [3.05, 3.63) is 11.0 Å². The highest BCUT2D eigenvalue weighted by atomic mass is 32.2. The summed E-state index contributed by atoms with van der Waals surface area (Å²) < 4.78 is 28.2. The Labute approximate surface area is 116 Å². The first kappa shape index (κ1) is 16.2. The van der Waals surface area contributed by atoms with Gasteiger partial charge in [-0.1, -0.05) is 19.9 Å². The van der Waals surface area contributed by atoms with Crippen LogP contribution in [0.25, 0.3) is 0 Å². The smallest absolute Gasteiger partial charge is 0.310 e. The molecule has 0 radical (unpaired) electrons. The quantitative estimate of drug-likeness (QED) is 0.749. The third kappa shape index (κ3) is 3.81. The van der Waals surface area contributed by atoms with Crippen LogP contribution in [0.4, 0.5) is 0 Å². The van der Waals surface area contributed by atoms with E-state index in [4.69, 9.17) is 4.74 Å². The second kappa shape index (κ2) is 4.62. The second-order valence-corrected chi connectivity index (χ2v) is 9.10. The van der Waals surface area contributed by atoms with Gasteiger partial charge in [0, 0.05) is 11.2 Å². The molecule has 1 aliphatic carbocycles. The first-order valence-corrected chi connectivity index (χ1v) is 8.27. The lowest BCUT2D eigenvalue weighted by Gasteiger charge is -2.19. The Hall–Kier alpha value is -0.840. The summed E-state index contributed by atoms with van der Waals surface area (Å²) in [5.74, 6) is -0.583. The van der Waals surface area contributed by atoms with E-state index in [2.05, 4.69) is 0 Å². The van der Waals surface area contributed by atoms with E-state index < -0.39 is 15.4 Å². The Bertz CT molecular complexity index is 506. The van der Waals surface area contributed by atoms with E-state index >= 15 is 0 Å². The van der Waals surface area contributed by atoms with Gasteiger partial charge in [0.1, 0.15) is 5.60 Å². The van der Waals surface area contributed by atoms with Gasteiger partial charge in [0.05, 0.1) is 5.92 Å².